The first-order valence-corrected chi connectivity index (χ1v) is 7.15. The molecule has 1 aromatic heterocycles. The summed E-state index contributed by atoms with van der Waals surface area (Å²) in [6.45, 7) is 2.08. The smallest absolute Gasteiger partial charge is 0.148 e. The molecule has 1 aromatic rings. The molecule has 1 aliphatic rings. The third-order valence-electron chi connectivity index (χ3n) is 3.00. The van der Waals surface area contributed by atoms with Crippen LogP contribution in [0.3, 0.4) is 0 Å². The fraction of sp³-hybridized carbons (Fsp3) is 0.636. The molecule has 1 aliphatic heterocycles. The predicted octanol–water partition coefficient (Wildman–Crippen LogP) is 1.63. The zero-order valence-electron chi connectivity index (χ0n) is 10.1. The molecule has 5 nitrogen and oxygen atoms in total. The zero-order valence-corrected chi connectivity index (χ0v) is 10.9. The monoisotopic (exact) mass is 253 g/mol. The average Bonchev–Trinajstić information content (AvgIpc) is 2.39. The summed E-state index contributed by atoms with van der Waals surface area (Å²) < 4.78 is 0. The molecule has 4 N–H and O–H groups in total. The topological polar surface area (TPSA) is 75.9 Å². The van der Waals surface area contributed by atoms with Crippen molar-refractivity contribution in [2.24, 2.45) is 5.84 Å². The maximum absolute atomic E-state index is 5.46. The third-order valence-corrected chi connectivity index (χ3v) is 4.05. The number of rotatable bonds is 4. The Morgan fingerprint density at radius 3 is 2.71 bits per heavy atom. The summed E-state index contributed by atoms with van der Waals surface area (Å²) in [5, 5.41) is 3.52. The molecule has 6 heteroatoms. The number of anilines is 2. The van der Waals surface area contributed by atoms with Crippen molar-refractivity contribution < 1.29 is 0 Å². The largest absolute Gasteiger partial charge is 0.367 e. The third kappa shape index (κ3) is 3.01. The van der Waals surface area contributed by atoms with Gasteiger partial charge in [-0.25, -0.2) is 15.8 Å². The second-order valence-electron chi connectivity index (χ2n) is 4.08. The van der Waals surface area contributed by atoms with Crippen LogP contribution in [0.25, 0.3) is 0 Å². The first-order chi connectivity index (χ1) is 8.35. The molecular formula is C11H19N5S. The molecule has 1 fully saturated rings. The van der Waals surface area contributed by atoms with E-state index in [0.717, 1.165) is 23.6 Å². The Bertz CT molecular complexity index is 365. The molecule has 0 spiro atoms. The summed E-state index contributed by atoms with van der Waals surface area (Å²) in [4.78, 5) is 8.46. The van der Waals surface area contributed by atoms with Gasteiger partial charge in [0.25, 0.3) is 0 Å². The van der Waals surface area contributed by atoms with Crippen LogP contribution in [0.5, 0.6) is 0 Å². The van der Waals surface area contributed by atoms with Crippen LogP contribution in [-0.2, 0) is 6.42 Å². The molecule has 0 atom stereocenters. The van der Waals surface area contributed by atoms with E-state index in [1.54, 1.807) is 6.33 Å². The number of thioether (sulfide) groups is 1. The number of hydrogen-bond donors (Lipinski definition) is 3. The van der Waals surface area contributed by atoms with Crippen molar-refractivity contribution in [1.29, 1.82) is 0 Å². The Labute approximate surface area is 106 Å². The van der Waals surface area contributed by atoms with Crippen molar-refractivity contribution in [3.05, 3.63) is 11.9 Å². The summed E-state index contributed by atoms with van der Waals surface area (Å²) in [5.74, 6) is 9.55. The highest BCUT2D eigenvalue weighted by molar-refractivity contribution is 7.99. The molecule has 2 rings (SSSR count). The lowest BCUT2D eigenvalue weighted by molar-refractivity contribution is 0.662. The number of nitrogen functional groups attached to an aromatic ring is 1. The maximum atomic E-state index is 5.46. The molecule has 94 valence electrons. The van der Waals surface area contributed by atoms with E-state index in [0.29, 0.717) is 6.04 Å². The van der Waals surface area contributed by atoms with Gasteiger partial charge in [0.05, 0.1) is 0 Å². The molecule has 0 saturated carbocycles. The van der Waals surface area contributed by atoms with E-state index >= 15 is 0 Å². The minimum absolute atomic E-state index is 0.530. The van der Waals surface area contributed by atoms with Gasteiger partial charge in [-0.1, -0.05) is 6.92 Å². The van der Waals surface area contributed by atoms with Crippen molar-refractivity contribution >= 4 is 23.4 Å². The van der Waals surface area contributed by atoms with Gasteiger partial charge in [-0.15, -0.1) is 0 Å². The van der Waals surface area contributed by atoms with Crippen LogP contribution in [-0.4, -0.2) is 27.5 Å². The number of hydrogen-bond acceptors (Lipinski definition) is 6. The normalized spacial score (nSPS) is 16.8. The van der Waals surface area contributed by atoms with Gasteiger partial charge in [-0.3, -0.25) is 0 Å². The number of nitrogens with one attached hydrogen (secondary N) is 2. The van der Waals surface area contributed by atoms with Gasteiger partial charge in [0.1, 0.15) is 18.0 Å². The summed E-state index contributed by atoms with van der Waals surface area (Å²) in [6, 6.07) is 0.530. The molecule has 0 bridgehead atoms. The Balaban J connectivity index is 2.13. The lowest BCUT2D eigenvalue weighted by atomic mass is 10.1. The van der Waals surface area contributed by atoms with Crippen molar-refractivity contribution in [2.75, 3.05) is 22.2 Å². The minimum Gasteiger partial charge on any atom is -0.367 e. The van der Waals surface area contributed by atoms with Gasteiger partial charge in [-0.05, 0) is 30.8 Å². The van der Waals surface area contributed by atoms with Gasteiger partial charge < -0.3 is 10.7 Å². The Morgan fingerprint density at radius 2 is 2.06 bits per heavy atom. The van der Waals surface area contributed by atoms with E-state index < -0.39 is 0 Å². The van der Waals surface area contributed by atoms with Gasteiger partial charge >= 0.3 is 0 Å². The average molecular weight is 253 g/mol. The highest BCUT2D eigenvalue weighted by Crippen LogP contribution is 2.24. The van der Waals surface area contributed by atoms with Crippen LogP contribution in [0.15, 0.2) is 6.33 Å². The molecule has 0 unspecified atom stereocenters. The number of nitrogens with two attached hydrogens (primary N) is 1. The molecule has 2 heterocycles. The van der Waals surface area contributed by atoms with Crippen LogP contribution >= 0.6 is 11.8 Å². The lowest BCUT2D eigenvalue weighted by Crippen LogP contribution is -2.26. The van der Waals surface area contributed by atoms with Crippen LogP contribution < -0.4 is 16.6 Å². The van der Waals surface area contributed by atoms with Crippen molar-refractivity contribution in [3.63, 3.8) is 0 Å². The fourth-order valence-corrected chi connectivity index (χ4v) is 3.14. The van der Waals surface area contributed by atoms with E-state index in [9.17, 15) is 0 Å². The van der Waals surface area contributed by atoms with Crippen LogP contribution in [0, 0.1) is 0 Å². The molecule has 1 saturated heterocycles. The molecule has 0 radical (unpaired) electrons. The fourth-order valence-electron chi connectivity index (χ4n) is 2.03. The van der Waals surface area contributed by atoms with Crippen molar-refractivity contribution in [2.45, 2.75) is 32.2 Å². The zero-order chi connectivity index (χ0) is 12.1. The van der Waals surface area contributed by atoms with Gasteiger partial charge in [0.15, 0.2) is 0 Å². The van der Waals surface area contributed by atoms with E-state index in [1.807, 2.05) is 11.8 Å². The second-order valence-corrected chi connectivity index (χ2v) is 5.30. The quantitative estimate of drug-likeness (QED) is 0.559. The summed E-state index contributed by atoms with van der Waals surface area (Å²) in [6.07, 6.45) is 4.81. The van der Waals surface area contributed by atoms with Gasteiger partial charge in [0, 0.05) is 11.6 Å². The first-order valence-electron chi connectivity index (χ1n) is 6.00. The van der Waals surface area contributed by atoms with E-state index in [2.05, 4.69) is 27.6 Å². The Morgan fingerprint density at radius 1 is 1.35 bits per heavy atom. The first kappa shape index (κ1) is 12.4. The predicted molar refractivity (Wildman–Crippen MR) is 73.2 cm³/mol. The Kier molecular flexibility index (Phi) is 4.44. The SMILES string of the molecule is CCc1c(NN)ncnc1NC1CCSCC1. The van der Waals surface area contributed by atoms with Gasteiger partial charge in [-0.2, -0.15) is 11.8 Å². The van der Waals surface area contributed by atoms with Gasteiger partial charge in [0.2, 0.25) is 0 Å². The summed E-state index contributed by atoms with van der Waals surface area (Å²) in [7, 11) is 0. The van der Waals surface area contributed by atoms with Crippen LogP contribution in [0.4, 0.5) is 11.6 Å². The Hall–Kier alpha value is -1.01. The maximum Gasteiger partial charge on any atom is 0.148 e. The summed E-state index contributed by atoms with van der Waals surface area (Å²) in [5.41, 5.74) is 3.69. The highest BCUT2D eigenvalue weighted by Gasteiger charge is 2.16. The molecule has 17 heavy (non-hydrogen) atoms. The van der Waals surface area contributed by atoms with E-state index in [1.165, 1.54) is 24.3 Å². The lowest BCUT2D eigenvalue weighted by Gasteiger charge is -2.24. The number of aromatic nitrogens is 2. The van der Waals surface area contributed by atoms with Crippen LogP contribution in [0.2, 0.25) is 0 Å². The van der Waals surface area contributed by atoms with Crippen LogP contribution in [0.1, 0.15) is 25.3 Å². The number of nitrogens with zero attached hydrogens (tertiary/aromatic N) is 2. The minimum atomic E-state index is 0.530. The molecule has 0 aliphatic carbocycles. The van der Waals surface area contributed by atoms with E-state index in [-0.39, 0.29) is 0 Å². The van der Waals surface area contributed by atoms with Crippen molar-refractivity contribution in [1.82, 2.24) is 9.97 Å². The van der Waals surface area contributed by atoms with E-state index in [4.69, 9.17) is 5.84 Å². The molecular weight excluding hydrogens is 234 g/mol. The molecule has 0 aromatic carbocycles. The van der Waals surface area contributed by atoms with Crippen molar-refractivity contribution in [3.8, 4) is 0 Å². The molecule has 0 amide bonds. The second kappa shape index (κ2) is 6.07. The number of hydrazine groups is 1. The standard InChI is InChI=1S/C11H19N5S/c1-2-9-10(13-7-14-11(9)16-12)15-8-3-5-17-6-4-8/h7-8H,2-6,12H2,1H3,(H2,13,14,15,16). The highest BCUT2D eigenvalue weighted by atomic mass is 32.2. The summed E-state index contributed by atoms with van der Waals surface area (Å²) >= 11 is 2.02.